The van der Waals surface area contributed by atoms with Gasteiger partial charge in [0.15, 0.2) is 0 Å². The smallest absolute Gasteiger partial charge is 0.320 e. The van der Waals surface area contributed by atoms with Crippen LogP contribution in [0.15, 0.2) is 18.2 Å². The molecule has 1 fully saturated rings. The van der Waals surface area contributed by atoms with Crippen LogP contribution in [-0.4, -0.2) is 18.5 Å². The van der Waals surface area contributed by atoms with E-state index in [-0.39, 0.29) is 17.3 Å². The first kappa shape index (κ1) is 13.2. The fraction of sp³-hybridized carbons (Fsp3) is 0.364. The standard InChI is InChI=1S/C11H10ClF3N2O/c12-7-3-1-2-6(11(13,14)15)9(7)17-5-4-8(16)10(17)18/h1-3,8H,4-5,16H2. The summed E-state index contributed by atoms with van der Waals surface area (Å²) in [5.74, 6) is -0.534. The number of nitrogens with two attached hydrogens (primary N) is 1. The Morgan fingerprint density at radius 1 is 1.39 bits per heavy atom. The van der Waals surface area contributed by atoms with Crippen molar-refractivity contribution in [3.63, 3.8) is 0 Å². The summed E-state index contributed by atoms with van der Waals surface area (Å²) in [5, 5.41) is -0.104. The number of amides is 1. The molecule has 18 heavy (non-hydrogen) atoms. The topological polar surface area (TPSA) is 46.3 Å². The molecule has 1 aromatic rings. The minimum absolute atomic E-state index is 0.104. The predicted octanol–water partition coefficient (Wildman–Crippen LogP) is 2.42. The number of carbonyl (C=O) groups is 1. The maximum Gasteiger partial charge on any atom is 0.418 e. The lowest BCUT2D eigenvalue weighted by Crippen LogP contribution is -2.35. The van der Waals surface area contributed by atoms with Crippen molar-refractivity contribution < 1.29 is 18.0 Å². The van der Waals surface area contributed by atoms with Crippen LogP contribution in [0.1, 0.15) is 12.0 Å². The van der Waals surface area contributed by atoms with Gasteiger partial charge in [-0.25, -0.2) is 0 Å². The van der Waals surface area contributed by atoms with Crippen molar-refractivity contribution in [2.24, 2.45) is 5.73 Å². The summed E-state index contributed by atoms with van der Waals surface area (Å²) < 4.78 is 38.6. The molecule has 0 radical (unpaired) electrons. The van der Waals surface area contributed by atoms with E-state index < -0.39 is 23.7 Å². The zero-order valence-corrected chi connectivity index (χ0v) is 9.92. The Labute approximate surface area is 106 Å². The second kappa shape index (κ2) is 4.44. The SMILES string of the molecule is NC1CCN(c2c(Cl)cccc2C(F)(F)F)C1=O. The summed E-state index contributed by atoms with van der Waals surface area (Å²) >= 11 is 5.79. The second-order valence-electron chi connectivity index (χ2n) is 4.02. The van der Waals surface area contributed by atoms with Crippen molar-refractivity contribution in [3.8, 4) is 0 Å². The number of carbonyl (C=O) groups excluding carboxylic acids is 1. The lowest BCUT2D eigenvalue weighted by molar-refractivity contribution is -0.137. The maximum absolute atomic E-state index is 12.9. The van der Waals surface area contributed by atoms with Gasteiger partial charge in [-0.3, -0.25) is 4.79 Å². The Morgan fingerprint density at radius 2 is 2.06 bits per heavy atom. The molecule has 0 saturated carbocycles. The summed E-state index contributed by atoms with van der Waals surface area (Å²) in [7, 11) is 0. The number of hydrogen-bond donors (Lipinski definition) is 1. The Balaban J connectivity index is 2.53. The fourth-order valence-corrected chi connectivity index (χ4v) is 2.22. The summed E-state index contributed by atoms with van der Waals surface area (Å²) in [6.07, 6.45) is -4.24. The van der Waals surface area contributed by atoms with E-state index in [0.717, 1.165) is 11.0 Å². The highest BCUT2D eigenvalue weighted by molar-refractivity contribution is 6.34. The molecule has 1 aromatic carbocycles. The molecule has 1 aliphatic rings. The molecule has 1 heterocycles. The minimum atomic E-state index is -4.56. The molecule has 0 aromatic heterocycles. The van der Waals surface area contributed by atoms with Gasteiger partial charge in [0.2, 0.25) is 5.91 Å². The third-order valence-electron chi connectivity index (χ3n) is 2.81. The van der Waals surface area contributed by atoms with Crippen molar-refractivity contribution >= 4 is 23.2 Å². The molecule has 1 amide bonds. The fourth-order valence-electron chi connectivity index (χ4n) is 1.94. The molecule has 2 rings (SSSR count). The van der Waals surface area contributed by atoms with Crippen molar-refractivity contribution in [3.05, 3.63) is 28.8 Å². The Bertz CT molecular complexity index is 490. The van der Waals surface area contributed by atoms with E-state index >= 15 is 0 Å². The largest absolute Gasteiger partial charge is 0.418 e. The monoisotopic (exact) mass is 278 g/mol. The third kappa shape index (κ3) is 2.18. The van der Waals surface area contributed by atoms with Gasteiger partial charge in [-0.2, -0.15) is 13.2 Å². The molecule has 2 N–H and O–H groups in total. The number of anilines is 1. The highest BCUT2D eigenvalue weighted by Crippen LogP contribution is 2.41. The number of hydrogen-bond acceptors (Lipinski definition) is 2. The van der Waals surface area contributed by atoms with Gasteiger partial charge in [0.05, 0.1) is 22.3 Å². The maximum atomic E-state index is 12.9. The zero-order chi connectivity index (χ0) is 13.5. The van der Waals surface area contributed by atoms with Crippen LogP contribution in [0, 0.1) is 0 Å². The van der Waals surface area contributed by atoms with E-state index in [4.69, 9.17) is 17.3 Å². The molecule has 1 unspecified atom stereocenters. The van der Waals surface area contributed by atoms with Crippen LogP contribution < -0.4 is 10.6 Å². The van der Waals surface area contributed by atoms with Crippen molar-refractivity contribution in [1.82, 2.24) is 0 Å². The van der Waals surface area contributed by atoms with Gasteiger partial charge < -0.3 is 10.6 Å². The Morgan fingerprint density at radius 3 is 2.56 bits per heavy atom. The van der Waals surface area contributed by atoms with Gasteiger partial charge in [0, 0.05) is 6.54 Å². The summed E-state index contributed by atoms with van der Waals surface area (Å²) in [4.78, 5) is 12.7. The third-order valence-corrected chi connectivity index (χ3v) is 3.11. The number of benzene rings is 1. The van der Waals surface area contributed by atoms with E-state index in [2.05, 4.69) is 0 Å². The molecular formula is C11H10ClF3N2O. The molecular weight excluding hydrogens is 269 g/mol. The molecule has 1 saturated heterocycles. The van der Waals surface area contributed by atoms with Gasteiger partial charge in [0.1, 0.15) is 0 Å². The molecule has 7 heteroatoms. The number of nitrogens with zero attached hydrogens (tertiary/aromatic N) is 1. The number of rotatable bonds is 1. The van der Waals surface area contributed by atoms with Crippen molar-refractivity contribution in [2.75, 3.05) is 11.4 Å². The Kier molecular flexibility index (Phi) is 3.25. The van der Waals surface area contributed by atoms with E-state index in [9.17, 15) is 18.0 Å². The molecule has 1 atom stereocenters. The van der Waals surface area contributed by atoms with Gasteiger partial charge in [-0.05, 0) is 18.6 Å². The quantitative estimate of drug-likeness (QED) is 0.857. The average molecular weight is 279 g/mol. The van der Waals surface area contributed by atoms with E-state index in [1.165, 1.54) is 12.1 Å². The average Bonchev–Trinajstić information content (AvgIpc) is 2.59. The van der Waals surface area contributed by atoms with Crippen LogP contribution in [0.3, 0.4) is 0 Å². The van der Waals surface area contributed by atoms with Crippen LogP contribution >= 0.6 is 11.6 Å². The first-order chi connectivity index (χ1) is 8.32. The van der Waals surface area contributed by atoms with Gasteiger partial charge in [-0.1, -0.05) is 17.7 Å². The summed E-state index contributed by atoms with van der Waals surface area (Å²) in [6.45, 7) is 0.146. The summed E-state index contributed by atoms with van der Waals surface area (Å²) in [5.41, 5.74) is 4.28. The first-order valence-corrected chi connectivity index (χ1v) is 5.63. The highest BCUT2D eigenvalue weighted by atomic mass is 35.5. The molecule has 0 bridgehead atoms. The number of para-hydroxylation sites is 1. The van der Waals surface area contributed by atoms with E-state index in [1.807, 2.05) is 0 Å². The lowest BCUT2D eigenvalue weighted by atomic mass is 10.1. The second-order valence-corrected chi connectivity index (χ2v) is 4.43. The van der Waals surface area contributed by atoms with Crippen LogP contribution in [0.4, 0.5) is 18.9 Å². The minimum Gasteiger partial charge on any atom is -0.320 e. The van der Waals surface area contributed by atoms with Crippen LogP contribution in [-0.2, 0) is 11.0 Å². The highest BCUT2D eigenvalue weighted by Gasteiger charge is 2.39. The normalized spacial score (nSPS) is 20.6. The molecule has 98 valence electrons. The number of alkyl halides is 3. The van der Waals surface area contributed by atoms with Gasteiger partial charge in [-0.15, -0.1) is 0 Å². The zero-order valence-electron chi connectivity index (χ0n) is 9.17. The molecule has 0 spiro atoms. The predicted molar refractivity (Wildman–Crippen MR) is 61.4 cm³/mol. The first-order valence-electron chi connectivity index (χ1n) is 5.25. The molecule has 1 aliphatic heterocycles. The van der Waals surface area contributed by atoms with Crippen molar-refractivity contribution in [2.45, 2.75) is 18.6 Å². The van der Waals surface area contributed by atoms with Crippen LogP contribution in [0.25, 0.3) is 0 Å². The van der Waals surface area contributed by atoms with Crippen LogP contribution in [0.2, 0.25) is 5.02 Å². The Hall–Kier alpha value is -1.27. The number of halogens is 4. The lowest BCUT2D eigenvalue weighted by Gasteiger charge is -2.22. The molecule has 0 aliphatic carbocycles. The molecule has 3 nitrogen and oxygen atoms in total. The van der Waals surface area contributed by atoms with Gasteiger partial charge >= 0.3 is 6.18 Å². The van der Waals surface area contributed by atoms with Crippen molar-refractivity contribution in [1.29, 1.82) is 0 Å². The summed E-state index contributed by atoms with van der Waals surface area (Å²) in [6, 6.07) is 2.67. The van der Waals surface area contributed by atoms with E-state index in [1.54, 1.807) is 0 Å². The van der Waals surface area contributed by atoms with Gasteiger partial charge in [0.25, 0.3) is 0 Å². The van der Waals surface area contributed by atoms with E-state index in [0.29, 0.717) is 6.42 Å². The van der Waals surface area contributed by atoms with Crippen LogP contribution in [0.5, 0.6) is 0 Å².